The fraction of sp³-hybridized carbons (Fsp3) is 0.100. The van der Waals surface area contributed by atoms with E-state index < -0.39 is 0 Å². The molecule has 0 aliphatic carbocycles. The number of aryl methyl sites for hydroxylation is 1. The zero-order valence-corrected chi connectivity index (χ0v) is 9.72. The van der Waals surface area contributed by atoms with Crippen LogP contribution in [0.2, 0.25) is 0 Å². The molecule has 2 rings (SSSR count). The molecule has 0 spiro atoms. The maximum Gasteiger partial charge on any atom is 0.172 e. The quantitative estimate of drug-likeness (QED) is 0.835. The van der Waals surface area contributed by atoms with Crippen LogP contribution in [0.15, 0.2) is 46.7 Å². The third kappa shape index (κ3) is 2.46. The topological polar surface area (TPSA) is 29.9 Å². The summed E-state index contributed by atoms with van der Waals surface area (Å²) >= 11 is 7.10. The van der Waals surface area contributed by atoms with Gasteiger partial charge in [-0.1, -0.05) is 11.8 Å². The maximum absolute atomic E-state index is 5.47. The van der Waals surface area contributed by atoms with Gasteiger partial charge in [-0.25, -0.2) is 4.98 Å². The van der Waals surface area contributed by atoms with Crippen LogP contribution in [0.25, 0.3) is 0 Å². The summed E-state index contributed by atoms with van der Waals surface area (Å²) in [6.45, 7) is 0. The Balaban J connectivity index is 2.14. The lowest BCUT2D eigenvalue weighted by Gasteiger charge is -2.02. The molecule has 1 aromatic heterocycles. The van der Waals surface area contributed by atoms with Gasteiger partial charge < -0.3 is 4.57 Å². The second-order valence-corrected chi connectivity index (χ2v) is 4.27. The summed E-state index contributed by atoms with van der Waals surface area (Å²) in [4.78, 5) is 7.94. The predicted octanol–water partition coefficient (Wildman–Crippen LogP) is 3.14. The molecule has 0 fully saturated rings. The molecule has 0 saturated carbocycles. The molecule has 2 aromatic rings. The summed E-state index contributed by atoms with van der Waals surface area (Å²) in [5.74, 6) is 0. The van der Waals surface area contributed by atoms with Crippen molar-refractivity contribution in [1.29, 1.82) is 0 Å². The summed E-state index contributed by atoms with van der Waals surface area (Å²) in [5.41, 5.74) is 0.890. The minimum absolute atomic E-state index is 0.890. The summed E-state index contributed by atoms with van der Waals surface area (Å²) in [6, 6.07) is 7.87. The van der Waals surface area contributed by atoms with Crippen molar-refractivity contribution in [3.8, 4) is 0 Å². The first-order chi connectivity index (χ1) is 7.29. The van der Waals surface area contributed by atoms with Crippen molar-refractivity contribution < 1.29 is 0 Å². The standard InChI is InChI=1S/C10H10ClN3S/c1-14-7-6-12-10(14)15-9-4-2-8(13-11)3-5-9/h2-7,13H,1H3. The molecule has 0 unspecified atom stereocenters. The van der Waals surface area contributed by atoms with Gasteiger partial charge in [0.25, 0.3) is 0 Å². The molecule has 78 valence electrons. The minimum Gasteiger partial charge on any atom is -0.329 e. The normalized spacial score (nSPS) is 10.3. The fourth-order valence-electron chi connectivity index (χ4n) is 1.14. The Hall–Kier alpha value is -1.13. The van der Waals surface area contributed by atoms with Crippen LogP contribution in [-0.4, -0.2) is 9.55 Å². The molecule has 3 nitrogen and oxygen atoms in total. The Kier molecular flexibility index (Phi) is 3.18. The van der Waals surface area contributed by atoms with E-state index in [1.807, 2.05) is 42.1 Å². The number of hydrogen-bond donors (Lipinski definition) is 1. The molecular weight excluding hydrogens is 230 g/mol. The van der Waals surface area contributed by atoms with E-state index in [2.05, 4.69) is 9.82 Å². The van der Waals surface area contributed by atoms with Gasteiger partial charge in [-0.2, -0.15) is 0 Å². The van der Waals surface area contributed by atoms with Crippen molar-refractivity contribution in [2.45, 2.75) is 10.1 Å². The molecule has 0 amide bonds. The van der Waals surface area contributed by atoms with Crippen molar-refractivity contribution in [2.24, 2.45) is 7.05 Å². The highest BCUT2D eigenvalue weighted by Crippen LogP contribution is 2.26. The van der Waals surface area contributed by atoms with Gasteiger partial charge in [0, 0.05) is 41.8 Å². The van der Waals surface area contributed by atoms with Crippen LogP contribution in [-0.2, 0) is 7.05 Å². The molecule has 1 N–H and O–H groups in total. The molecule has 1 aromatic carbocycles. The molecule has 0 aliphatic heterocycles. The van der Waals surface area contributed by atoms with Crippen molar-refractivity contribution in [3.63, 3.8) is 0 Å². The third-order valence-electron chi connectivity index (χ3n) is 1.95. The number of imidazole rings is 1. The molecule has 15 heavy (non-hydrogen) atoms. The molecule has 1 heterocycles. The van der Waals surface area contributed by atoms with E-state index in [1.54, 1.807) is 18.0 Å². The van der Waals surface area contributed by atoms with Crippen LogP contribution in [0.5, 0.6) is 0 Å². The number of halogens is 1. The van der Waals surface area contributed by atoms with Gasteiger partial charge in [0.2, 0.25) is 0 Å². The fourth-order valence-corrected chi connectivity index (χ4v) is 2.07. The van der Waals surface area contributed by atoms with Crippen LogP contribution in [0, 0.1) is 0 Å². The third-order valence-corrected chi connectivity index (χ3v) is 3.25. The molecule has 0 aliphatic rings. The average Bonchev–Trinajstić information content (AvgIpc) is 2.66. The van der Waals surface area contributed by atoms with Gasteiger partial charge in [0.1, 0.15) is 0 Å². The highest BCUT2D eigenvalue weighted by molar-refractivity contribution is 7.99. The monoisotopic (exact) mass is 239 g/mol. The smallest absolute Gasteiger partial charge is 0.172 e. The second kappa shape index (κ2) is 4.59. The Morgan fingerprint density at radius 1 is 1.33 bits per heavy atom. The Morgan fingerprint density at radius 2 is 2.07 bits per heavy atom. The van der Waals surface area contributed by atoms with E-state index in [0.29, 0.717) is 0 Å². The molecule has 5 heteroatoms. The van der Waals surface area contributed by atoms with Crippen LogP contribution < -0.4 is 4.84 Å². The summed E-state index contributed by atoms with van der Waals surface area (Å²) in [7, 11) is 1.98. The number of anilines is 1. The molecule has 0 atom stereocenters. The number of aromatic nitrogens is 2. The molecule has 0 saturated heterocycles. The van der Waals surface area contributed by atoms with Gasteiger partial charge in [-0.3, -0.25) is 4.84 Å². The van der Waals surface area contributed by atoms with Gasteiger partial charge >= 0.3 is 0 Å². The van der Waals surface area contributed by atoms with E-state index in [1.165, 1.54) is 0 Å². The van der Waals surface area contributed by atoms with E-state index in [0.717, 1.165) is 15.7 Å². The maximum atomic E-state index is 5.47. The lowest BCUT2D eigenvalue weighted by atomic mass is 10.3. The average molecular weight is 240 g/mol. The van der Waals surface area contributed by atoms with Gasteiger partial charge in [-0.15, -0.1) is 0 Å². The highest BCUT2D eigenvalue weighted by Gasteiger charge is 2.01. The number of rotatable bonds is 3. The molecular formula is C10H10ClN3S. The first kappa shape index (κ1) is 10.4. The first-order valence-electron chi connectivity index (χ1n) is 4.41. The largest absolute Gasteiger partial charge is 0.329 e. The van der Waals surface area contributed by atoms with E-state index >= 15 is 0 Å². The van der Waals surface area contributed by atoms with Crippen molar-refractivity contribution in [1.82, 2.24) is 9.55 Å². The van der Waals surface area contributed by atoms with Gasteiger partial charge in [0.15, 0.2) is 5.16 Å². The van der Waals surface area contributed by atoms with Crippen molar-refractivity contribution in [2.75, 3.05) is 4.84 Å². The Labute approximate surface area is 97.6 Å². The Morgan fingerprint density at radius 3 is 2.60 bits per heavy atom. The lowest BCUT2D eigenvalue weighted by Crippen LogP contribution is -1.88. The summed E-state index contributed by atoms with van der Waals surface area (Å²) < 4.78 is 1.98. The van der Waals surface area contributed by atoms with Crippen LogP contribution in [0.4, 0.5) is 5.69 Å². The highest BCUT2D eigenvalue weighted by atomic mass is 35.5. The van der Waals surface area contributed by atoms with E-state index in [4.69, 9.17) is 11.8 Å². The first-order valence-corrected chi connectivity index (χ1v) is 5.61. The lowest BCUT2D eigenvalue weighted by molar-refractivity contribution is 0.790. The van der Waals surface area contributed by atoms with Gasteiger partial charge in [-0.05, 0) is 24.3 Å². The van der Waals surface area contributed by atoms with E-state index in [-0.39, 0.29) is 0 Å². The van der Waals surface area contributed by atoms with Crippen LogP contribution in [0.3, 0.4) is 0 Å². The summed E-state index contributed by atoms with van der Waals surface area (Å²) in [6.07, 6.45) is 3.72. The number of benzene rings is 1. The summed E-state index contributed by atoms with van der Waals surface area (Å²) in [5, 5.41) is 0.974. The predicted molar refractivity (Wildman–Crippen MR) is 63.2 cm³/mol. The second-order valence-electron chi connectivity index (χ2n) is 3.04. The Bertz CT molecular complexity index is 438. The number of hydrogen-bond acceptors (Lipinski definition) is 3. The van der Waals surface area contributed by atoms with E-state index in [9.17, 15) is 0 Å². The van der Waals surface area contributed by atoms with Crippen LogP contribution in [0.1, 0.15) is 0 Å². The number of nitrogens with one attached hydrogen (secondary N) is 1. The zero-order valence-electron chi connectivity index (χ0n) is 8.14. The van der Waals surface area contributed by atoms with Crippen LogP contribution >= 0.6 is 23.5 Å². The van der Waals surface area contributed by atoms with Crippen molar-refractivity contribution in [3.05, 3.63) is 36.7 Å². The molecule has 0 bridgehead atoms. The SMILES string of the molecule is Cn1ccnc1Sc1ccc(NCl)cc1. The minimum atomic E-state index is 0.890. The van der Waals surface area contributed by atoms with Crippen molar-refractivity contribution >= 4 is 29.2 Å². The van der Waals surface area contributed by atoms with Gasteiger partial charge in [0.05, 0.1) is 0 Å². The zero-order chi connectivity index (χ0) is 10.7. The molecule has 0 radical (unpaired) electrons. The number of nitrogens with zero attached hydrogens (tertiary/aromatic N) is 2.